The third-order valence-corrected chi connectivity index (χ3v) is 2.81. The van der Waals surface area contributed by atoms with Crippen molar-refractivity contribution in [3.05, 3.63) is 34.6 Å². The van der Waals surface area contributed by atoms with Crippen molar-refractivity contribution in [2.45, 2.75) is 25.0 Å². The molecule has 1 atom stereocenters. The number of halogens is 2. The second-order valence-corrected chi connectivity index (χ2v) is 4.25. The van der Waals surface area contributed by atoms with Crippen LogP contribution < -0.4 is 5.32 Å². The molecule has 1 unspecified atom stereocenters. The van der Waals surface area contributed by atoms with Crippen LogP contribution in [0.4, 0.5) is 4.39 Å². The van der Waals surface area contributed by atoms with E-state index in [1.165, 1.54) is 6.07 Å². The Hall–Kier alpha value is -0.640. The molecule has 0 aromatic heterocycles. The van der Waals surface area contributed by atoms with Crippen LogP contribution in [0.3, 0.4) is 0 Å². The van der Waals surface area contributed by atoms with Crippen molar-refractivity contribution in [2.75, 3.05) is 6.54 Å². The average Bonchev–Trinajstić information content (AvgIpc) is 3.02. The molecule has 2 nitrogen and oxygen atoms in total. The molecule has 2 N–H and O–H groups in total. The Morgan fingerprint density at radius 3 is 2.93 bits per heavy atom. The van der Waals surface area contributed by atoms with Crippen LogP contribution in [-0.2, 0) is 0 Å². The van der Waals surface area contributed by atoms with Crippen molar-refractivity contribution in [3.63, 3.8) is 0 Å². The van der Waals surface area contributed by atoms with E-state index in [2.05, 4.69) is 5.32 Å². The number of hydrogen-bond donors (Lipinski definition) is 2. The fourth-order valence-corrected chi connectivity index (χ4v) is 1.64. The molecule has 2 rings (SSSR count). The van der Waals surface area contributed by atoms with Gasteiger partial charge in [-0.25, -0.2) is 4.39 Å². The van der Waals surface area contributed by atoms with Crippen molar-refractivity contribution >= 4 is 11.6 Å². The molecule has 0 saturated heterocycles. The van der Waals surface area contributed by atoms with Crippen molar-refractivity contribution in [1.29, 1.82) is 0 Å². The summed E-state index contributed by atoms with van der Waals surface area (Å²) < 4.78 is 13.5. The summed E-state index contributed by atoms with van der Waals surface area (Å²) in [5.74, 6) is -0.524. The molecule has 1 aliphatic rings. The first-order valence-electron chi connectivity index (χ1n) is 5.04. The third-order valence-electron chi connectivity index (χ3n) is 2.52. The second kappa shape index (κ2) is 4.47. The van der Waals surface area contributed by atoms with Gasteiger partial charge in [0, 0.05) is 18.2 Å². The SMILES string of the molecule is OC(CNC1CC1)c1cccc(Cl)c1F. The van der Waals surface area contributed by atoms with Gasteiger partial charge in [0.05, 0.1) is 11.1 Å². The fraction of sp³-hybridized carbons (Fsp3) is 0.455. The maximum Gasteiger partial charge on any atom is 0.147 e. The Morgan fingerprint density at radius 1 is 1.53 bits per heavy atom. The maximum absolute atomic E-state index is 13.5. The van der Waals surface area contributed by atoms with Gasteiger partial charge in [-0.05, 0) is 18.9 Å². The van der Waals surface area contributed by atoms with Crippen LogP contribution in [0.5, 0.6) is 0 Å². The van der Waals surface area contributed by atoms with Crippen molar-refractivity contribution in [1.82, 2.24) is 5.32 Å². The van der Waals surface area contributed by atoms with Gasteiger partial charge in [-0.2, -0.15) is 0 Å². The second-order valence-electron chi connectivity index (χ2n) is 3.84. The van der Waals surface area contributed by atoms with E-state index < -0.39 is 11.9 Å². The topological polar surface area (TPSA) is 32.3 Å². The summed E-state index contributed by atoms with van der Waals surface area (Å²) in [5.41, 5.74) is 0.260. The molecule has 0 bridgehead atoms. The molecular weight excluding hydrogens is 217 g/mol. The Labute approximate surface area is 93.1 Å². The van der Waals surface area contributed by atoms with E-state index in [1.54, 1.807) is 12.1 Å². The molecule has 1 aliphatic carbocycles. The third kappa shape index (κ3) is 2.68. The normalized spacial score (nSPS) is 17.8. The van der Waals surface area contributed by atoms with E-state index in [9.17, 15) is 9.50 Å². The van der Waals surface area contributed by atoms with E-state index in [0.29, 0.717) is 12.6 Å². The molecule has 0 amide bonds. The zero-order valence-corrected chi connectivity index (χ0v) is 8.97. The van der Waals surface area contributed by atoms with Gasteiger partial charge in [0.2, 0.25) is 0 Å². The molecule has 0 aliphatic heterocycles. The molecule has 15 heavy (non-hydrogen) atoms. The molecule has 82 valence electrons. The Balaban J connectivity index is 2.02. The van der Waals surface area contributed by atoms with Crippen LogP contribution in [0, 0.1) is 5.82 Å². The zero-order valence-electron chi connectivity index (χ0n) is 8.21. The Morgan fingerprint density at radius 2 is 2.27 bits per heavy atom. The van der Waals surface area contributed by atoms with E-state index >= 15 is 0 Å². The van der Waals surface area contributed by atoms with Crippen molar-refractivity contribution in [3.8, 4) is 0 Å². The molecule has 4 heteroatoms. The van der Waals surface area contributed by atoms with Gasteiger partial charge < -0.3 is 10.4 Å². The number of hydrogen-bond acceptors (Lipinski definition) is 2. The quantitative estimate of drug-likeness (QED) is 0.830. The van der Waals surface area contributed by atoms with E-state index in [1.807, 2.05) is 0 Å². The summed E-state index contributed by atoms with van der Waals surface area (Å²) >= 11 is 5.63. The summed E-state index contributed by atoms with van der Waals surface area (Å²) in [5, 5.41) is 12.9. The van der Waals surface area contributed by atoms with E-state index in [0.717, 1.165) is 12.8 Å². The van der Waals surface area contributed by atoms with Crippen molar-refractivity contribution in [2.24, 2.45) is 0 Å². The van der Waals surface area contributed by atoms with E-state index in [-0.39, 0.29) is 10.6 Å². The highest BCUT2D eigenvalue weighted by Crippen LogP contribution is 2.24. The number of nitrogens with one attached hydrogen (secondary N) is 1. The van der Waals surface area contributed by atoms with Crippen LogP contribution in [-0.4, -0.2) is 17.7 Å². The van der Waals surface area contributed by atoms with Gasteiger partial charge in [-0.1, -0.05) is 23.7 Å². The molecule has 0 spiro atoms. The highest BCUT2D eigenvalue weighted by atomic mass is 35.5. The maximum atomic E-state index is 13.5. The standard InChI is InChI=1S/C11H13ClFNO/c12-9-3-1-2-8(11(9)13)10(15)6-14-7-4-5-7/h1-3,7,10,14-15H,4-6H2. The highest BCUT2D eigenvalue weighted by Gasteiger charge is 2.22. The van der Waals surface area contributed by atoms with Gasteiger partial charge in [-0.15, -0.1) is 0 Å². The molecule has 1 saturated carbocycles. The Kier molecular flexibility index (Phi) is 3.24. The lowest BCUT2D eigenvalue weighted by atomic mass is 10.1. The summed E-state index contributed by atoms with van der Waals surface area (Å²) in [6.45, 7) is 0.377. The van der Waals surface area contributed by atoms with Crippen molar-refractivity contribution < 1.29 is 9.50 Å². The highest BCUT2D eigenvalue weighted by molar-refractivity contribution is 6.30. The molecule has 1 aromatic carbocycles. The predicted molar refractivity (Wildman–Crippen MR) is 57.4 cm³/mol. The minimum absolute atomic E-state index is 0.0537. The summed E-state index contributed by atoms with van der Waals surface area (Å²) in [6.07, 6.45) is 1.46. The molecule has 0 radical (unpaired) electrons. The van der Waals surface area contributed by atoms with Gasteiger partial charge in [-0.3, -0.25) is 0 Å². The van der Waals surface area contributed by atoms with Crippen LogP contribution in [0.1, 0.15) is 24.5 Å². The van der Waals surface area contributed by atoms with Gasteiger partial charge in [0.25, 0.3) is 0 Å². The first-order valence-corrected chi connectivity index (χ1v) is 5.41. The molecule has 1 fully saturated rings. The van der Waals surface area contributed by atoms with E-state index in [4.69, 9.17) is 11.6 Å². The average molecular weight is 230 g/mol. The molecular formula is C11H13ClFNO. The smallest absolute Gasteiger partial charge is 0.147 e. The first-order chi connectivity index (χ1) is 7.18. The largest absolute Gasteiger partial charge is 0.387 e. The number of benzene rings is 1. The lowest BCUT2D eigenvalue weighted by Crippen LogP contribution is -2.23. The zero-order chi connectivity index (χ0) is 10.8. The first kappa shape index (κ1) is 10.9. The minimum atomic E-state index is -0.829. The van der Waals surface area contributed by atoms with Crippen LogP contribution in [0.2, 0.25) is 5.02 Å². The van der Waals surface area contributed by atoms with Crippen LogP contribution in [0.25, 0.3) is 0 Å². The summed E-state index contributed by atoms with van der Waals surface area (Å²) in [7, 11) is 0. The Bertz CT molecular complexity index is 354. The lowest BCUT2D eigenvalue weighted by Gasteiger charge is -2.13. The lowest BCUT2D eigenvalue weighted by molar-refractivity contribution is 0.169. The minimum Gasteiger partial charge on any atom is -0.387 e. The number of aliphatic hydroxyl groups is 1. The molecule has 1 aromatic rings. The summed E-state index contributed by atoms with van der Waals surface area (Å²) in [6, 6.07) is 5.17. The van der Waals surface area contributed by atoms with Gasteiger partial charge >= 0.3 is 0 Å². The van der Waals surface area contributed by atoms with Crippen LogP contribution in [0.15, 0.2) is 18.2 Å². The summed E-state index contributed by atoms with van der Waals surface area (Å²) in [4.78, 5) is 0. The molecule has 0 heterocycles. The predicted octanol–water partition coefficient (Wildman–Crippen LogP) is 2.26. The number of rotatable bonds is 4. The van der Waals surface area contributed by atoms with Crippen LogP contribution >= 0.6 is 11.6 Å². The van der Waals surface area contributed by atoms with Gasteiger partial charge in [0.1, 0.15) is 5.82 Å². The fourth-order valence-electron chi connectivity index (χ4n) is 1.45. The monoisotopic (exact) mass is 229 g/mol. The van der Waals surface area contributed by atoms with Gasteiger partial charge in [0.15, 0.2) is 0 Å². The number of aliphatic hydroxyl groups excluding tert-OH is 1.